The fourth-order valence-electron chi connectivity index (χ4n) is 2.82. The van der Waals surface area contributed by atoms with Gasteiger partial charge in [0.25, 0.3) is 0 Å². The van der Waals surface area contributed by atoms with Crippen molar-refractivity contribution in [2.75, 3.05) is 23.4 Å². The predicted molar refractivity (Wildman–Crippen MR) is 82.6 cm³/mol. The Bertz CT molecular complexity index is 575. The van der Waals surface area contributed by atoms with E-state index in [1.54, 1.807) is 0 Å². The Labute approximate surface area is 119 Å². The van der Waals surface area contributed by atoms with Gasteiger partial charge in [-0.1, -0.05) is 31.4 Å². The Hall–Kier alpha value is -1.88. The van der Waals surface area contributed by atoms with Crippen molar-refractivity contribution in [3.8, 4) is 0 Å². The molecule has 106 valence electrons. The summed E-state index contributed by atoms with van der Waals surface area (Å²) in [6, 6.07) is 8.12. The first-order valence-corrected chi connectivity index (χ1v) is 7.37. The quantitative estimate of drug-likeness (QED) is 0.649. The molecule has 0 saturated carbocycles. The maximum Gasteiger partial charge on any atom is 0.239 e. The molecule has 5 nitrogen and oxygen atoms in total. The summed E-state index contributed by atoms with van der Waals surface area (Å²) in [5.41, 5.74) is 3.52. The van der Waals surface area contributed by atoms with Crippen LogP contribution in [0, 0.1) is 0 Å². The number of benzene rings is 1. The average molecular weight is 271 g/mol. The van der Waals surface area contributed by atoms with E-state index in [4.69, 9.17) is 5.84 Å². The Morgan fingerprint density at radius 1 is 0.950 bits per heavy atom. The molecule has 1 aliphatic rings. The highest BCUT2D eigenvalue weighted by atomic mass is 15.3. The van der Waals surface area contributed by atoms with Crippen LogP contribution in [-0.2, 0) is 0 Å². The number of anilines is 2. The number of nitrogens with zero attached hydrogens (tertiary/aromatic N) is 3. The minimum atomic E-state index is 0.487. The van der Waals surface area contributed by atoms with Crippen LogP contribution in [0.4, 0.5) is 11.8 Å². The fraction of sp³-hybridized carbons (Fsp3) is 0.467. The third-order valence-corrected chi connectivity index (χ3v) is 3.87. The number of nitrogen functional groups attached to an aromatic ring is 1. The summed E-state index contributed by atoms with van der Waals surface area (Å²) in [4.78, 5) is 11.4. The van der Waals surface area contributed by atoms with Crippen LogP contribution in [0.25, 0.3) is 10.9 Å². The lowest BCUT2D eigenvalue weighted by Gasteiger charge is -2.27. The first kappa shape index (κ1) is 13.1. The Kier molecular flexibility index (Phi) is 3.97. The monoisotopic (exact) mass is 271 g/mol. The molecule has 3 rings (SSSR count). The second-order valence-corrected chi connectivity index (χ2v) is 5.29. The van der Waals surface area contributed by atoms with Crippen LogP contribution in [0.3, 0.4) is 0 Å². The number of fused-ring (bicyclic) bond motifs is 1. The lowest BCUT2D eigenvalue weighted by atomic mass is 10.1. The Balaban J connectivity index is 2.03. The number of hydrogen-bond acceptors (Lipinski definition) is 5. The lowest BCUT2D eigenvalue weighted by molar-refractivity contribution is 0.554. The van der Waals surface area contributed by atoms with Crippen molar-refractivity contribution >= 4 is 22.7 Å². The molecule has 0 atom stereocenters. The number of hydrogen-bond donors (Lipinski definition) is 2. The molecule has 0 amide bonds. The molecule has 3 N–H and O–H groups in total. The molecule has 2 heterocycles. The maximum absolute atomic E-state index is 5.50. The van der Waals surface area contributed by atoms with Gasteiger partial charge in [0.2, 0.25) is 5.95 Å². The van der Waals surface area contributed by atoms with Gasteiger partial charge in [-0.25, -0.2) is 10.8 Å². The van der Waals surface area contributed by atoms with Gasteiger partial charge in [0.1, 0.15) is 5.82 Å². The normalized spacial score (nSPS) is 16.8. The van der Waals surface area contributed by atoms with Crippen molar-refractivity contribution in [3.63, 3.8) is 0 Å². The molecule has 2 aromatic rings. The van der Waals surface area contributed by atoms with Crippen molar-refractivity contribution < 1.29 is 0 Å². The molecule has 0 spiro atoms. The van der Waals surface area contributed by atoms with E-state index in [2.05, 4.69) is 26.4 Å². The molecule has 1 fully saturated rings. The van der Waals surface area contributed by atoms with Crippen molar-refractivity contribution in [2.45, 2.75) is 32.1 Å². The molecule has 1 aromatic heterocycles. The largest absolute Gasteiger partial charge is 0.356 e. The minimum absolute atomic E-state index is 0.487. The molecular weight excluding hydrogens is 250 g/mol. The van der Waals surface area contributed by atoms with Crippen LogP contribution in [0.2, 0.25) is 0 Å². The zero-order valence-corrected chi connectivity index (χ0v) is 11.7. The standard InChI is InChI=1S/C15H21N5/c16-19-15-17-13-9-5-4-8-12(13)14(18-15)20-10-6-2-1-3-7-11-20/h4-5,8-9H,1-3,6-7,10-11,16H2,(H,17,18,19). The Morgan fingerprint density at radius 2 is 1.65 bits per heavy atom. The highest BCUT2D eigenvalue weighted by Gasteiger charge is 2.15. The van der Waals surface area contributed by atoms with Gasteiger partial charge in [-0.3, -0.25) is 5.43 Å². The third-order valence-electron chi connectivity index (χ3n) is 3.87. The van der Waals surface area contributed by atoms with Crippen molar-refractivity contribution in [2.24, 2.45) is 5.84 Å². The molecule has 1 aromatic carbocycles. The zero-order valence-electron chi connectivity index (χ0n) is 11.7. The molecule has 1 saturated heterocycles. The van der Waals surface area contributed by atoms with Crippen LogP contribution >= 0.6 is 0 Å². The van der Waals surface area contributed by atoms with Gasteiger partial charge in [0.05, 0.1) is 5.52 Å². The molecule has 1 aliphatic heterocycles. The van der Waals surface area contributed by atoms with E-state index in [0.29, 0.717) is 5.95 Å². The summed E-state index contributed by atoms with van der Waals surface area (Å²) < 4.78 is 0. The van der Waals surface area contributed by atoms with Gasteiger partial charge in [-0.2, -0.15) is 4.98 Å². The van der Waals surface area contributed by atoms with Gasteiger partial charge >= 0.3 is 0 Å². The molecule has 0 unspecified atom stereocenters. The number of nitrogens with two attached hydrogens (primary N) is 1. The summed E-state index contributed by atoms with van der Waals surface area (Å²) in [5.74, 6) is 6.99. The van der Waals surface area contributed by atoms with Crippen LogP contribution in [0.1, 0.15) is 32.1 Å². The molecule has 0 bridgehead atoms. The van der Waals surface area contributed by atoms with E-state index in [1.165, 1.54) is 32.1 Å². The summed E-state index contributed by atoms with van der Waals surface area (Å²) in [6.07, 6.45) is 6.42. The minimum Gasteiger partial charge on any atom is -0.356 e. The van der Waals surface area contributed by atoms with E-state index in [-0.39, 0.29) is 0 Å². The summed E-state index contributed by atoms with van der Waals surface area (Å²) in [5, 5.41) is 1.10. The fourth-order valence-corrected chi connectivity index (χ4v) is 2.82. The smallest absolute Gasteiger partial charge is 0.239 e. The van der Waals surface area contributed by atoms with Gasteiger partial charge in [-0.05, 0) is 25.0 Å². The number of nitrogens with one attached hydrogen (secondary N) is 1. The van der Waals surface area contributed by atoms with Crippen molar-refractivity contribution in [1.82, 2.24) is 9.97 Å². The number of hydrazine groups is 1. The van der Waals surface area contributed by atoms with Crippen molar-refractivity contribution in [3.05, 3.63) is 24.3 Å². The first-order chi connectivity index (χ1) is 9.88. The first-order valence-electron chi connectivity index (χ1n) is 7.37. The van der Waals surface area contributed by atoms with Crippen LogP contribution in [0.15, 0.2) is 24.3 Å². The molecule has 0 aliphatic carbocycles. The summed E-state index contributed by atoms with van der Waals surface area (Å²) in [7, 11) is 0. The lowest BCUT2D eigenvalue weighted by Crippen LogP contribution is -2.28. The highest BCUT2D eigenvalue weighted by molar-refractivity contribution is 5.90. The third kappa shape index (κ3) is 2.67. The van der Waals surface area contributed by atoms with Gasteiger partial charge in [0, 0.05) is 18.5 Å². The number of aromatic nitrogens is 2. The van der Waals surface area contributed by atoms with E-state index >= 15 is 0 Å². The van der Waals surface area contributed by atoms with Gasteiger partial charge in [0.15, 0.2) is 0 Å². The molecule has 0 radical (unpaired) electrons. The predicted octanol–water partition coefficient (Wildman–Crippen LogP) is 2.69. The number of rotatable bonds is 2. The second-order valence-electron chi connectivity index (χ2n) is 5.29. The van der Waals surface area contributed by atoms with E-state index in [9.17, 15) is 0 Å². The maximum atomic E-state index is 5.50. The molecular formula is C15H21N5. The highest BCUT2D eigenvalue weighted by Crippen LogP contribution is 2.26. The SMILES string of the molecule is NNc1nc(N2CCCCCCC2)c2ccccc2n1. The molecule has 20 heavy (non-hydrogen) atoms. The zero-order chi connectivity index (χ0) is 13.8. The van der Waals surface area contributed by atoms with E-state index < -0.39 is 0 Å². The van der Waals surface area contributed by atoms with Gasteiger partial charge in [-0.15, -0.1) is 0 Å². The van der Waals surface area contributed by atoms with Gasteiger partial charge < -0.3 is 4.90 Å². The van der Waals surface area contributed by atoms with E-state index in [0.717, 1.165) is 29.8 Å². The van der Waals surface area contributed by atoms with Crippen LogP contribution in [0.5, 0.6) is 0 Å². The second kappa shape index (κ2) is 6.05. The number of para-hydroxylation sites is 1. The Morgan fingerprint density at radius 3 is 2.40 bits per heavy atom. The van der Waals surface area contributed by atoms with Crippen LogP contribution in [-0.4, -0.2) is 23.1 Å². The van der Waals surface area contributed by atoms with Crippen LogP contribution < -0.4 is 16.2 Å². The summed E-state index contributed by atoms with van der Waals surface area (Å²) in [6.45, 7) is 2.12. The molecule has 5 heteroatoms. The average Bonchev–Trinajstić information content (AvgIpc) is 2.46. The van der Waals surface area contributed by atoms with Crippen molar-refractivity contribution in [1.29, 1.82) is 0 Å². The topological polar surface area (TPSA) is 67.1 Å². The van der Waals surface area contributed by atoms with E-state index in [1.807, 2.05) is 18.2 Å². The summed E-state index contributed by atoms with van der Waals surface area (Å²) >= 11 is 0.